The Bertz CT molecular complexity index is 342. The standard InChI is InChI=1S/C8O4.2H2O/c9-1-5-6(2-10)8(4-12)7(5)3-11;;/h;2*1H2. The molecule has 4 N–H and O–H groups in total. The maximum atomic E-state index is 10.1. The minimum atomic E-state index is -0.252. The Labute approximate surface area is 77.1 Å². The molecule has 0 saturated heterocycles. The summed E-state index contributed by atoms with van der Waals surface area (Å²) in [5, 5.41) is 0. The zero-order valence-electron chi connectivity index (χ0n) is 6.63. The Hall–Kier alpha value is -2.28. The smallest absolute Gasteiger partial charge is 0.135 e. The van der Waals surface area contributed by atoms with Crippen molar-refractivity contribution >= 4 is 23.8 Å². The van der Waals surface area contributed by atoms with Crippen molar-refractivity contribution in [3.05, 3.63) is 22.3 Å². The molecule has 0 spiro atoms. The predicted octanol–water partition coefficient (Wildman–Crippen LogP) is -2.62. The molecule has 0 amide bonds. The first-order valence-corrected chi connectivity index (χ1v) is 2.82. The first-order valence-electron chi connectivity index (χ1n) is 2.82. The molecule has 0 aromatic carbocycles. The number of hydrogen-bond donors (Lipinski definition) is 0. The second-order valence-electron chi connectivity index (χ2n) is 1.91. The van der Waals surface area contributed by atoms with Crippen LogP contribution in [0.5, 0.6) is 0 Å². The molecule has 0 aromatic heterocycles. The van der Waals surface area contributed by atoms with Gasteiger partial charge in [-0.3, -0.25) is 0 Å². The van der Waals surface area contributed by atoms with Crippen LogP contribution in [0.15, 0.2) is 22.3 Å². The van der Waals surface area contributed by atoms with Gasteiger partial charge in [0.1, 0.15) is 23.8 Å². The van der Waals surface area contributed by atoms with E-state index in [9.17, 15) is 19.2 Å². The molecule has 0 bridgehead atoms. The van der Waals surface area contributed by atoms with E-state index in [1.807, 2.05) is 0 Å². The largest absolute Gasteiger partial charge is 0.412 e. The molecular formula is C8H4O6. The van der Waals surface area contributed by atoms with E-state index >= 15 is 0 Å². The van der Waals surface area contributed by atoms with Crippen LogP contribution < -0.4 is 0 Å². The Morgan fingerprint density at radius 3 is 0.714 bits per heavy atom. The van der Waals surface area contributed by atoms with Crippen LogP contribution in [-0.2, 0) is 19.2 Å². The lowest BCUT2D eigenvalue weighted by atomic mass is 9.78. The zero-order valence-corrected chi connectivity index (χ0v) is 6.63. The normalized spacial score (nSPS) is 12.0. The molecule has 0 unspecified atom stereocenters. The molecule has 1 aliphatic rings. The van der Waals surface area contributed by atoms with Crippen molar-refractivity contribution in [2.45, 2.75) is 0 Å². The van der Waals surface area contributed by atoms with Gasteiger partial charge in [-0.2, -0.15) is 0 Å². The number of carbonyl (C=O) groups excluding carboxylic acids is 4. The molecule has 6 heteroatoms. The van der Waals surface area contributed by atoms with E-state index in [1.54, 1.807) is 0 Å². The number of rotatable bonds is 0. The summed E-state index contributed by atoms with van der Waals surface area (Å²) in [5.74, 6) is 5.34. The van der Waals surface area contributed by atoms with Gasteiger partial charge in [0.25, 0.3) is 0 Å². The topological polar surface area (TPSA) is 131 Å². The van der Waals surface area contributed by atoms with Crippen LogP contribution in [0.4, 0.5) is 0 Å². The fourth-order valence-corrected chi connectivity index (χ4v) is 0.846. The highest BCUT2D eigenvalue weighted by Gasteiger charge is 2.35. The summed E-state index contributed by atoms with van der Waals surface area (Å²) in [6.07, 6.45) is 0. The van der Waals surface area contributed by atoms with Gasteiger partial charge in [-0.15, -0.1) is 0 Å². The van der Waals surface area contributed by atoms with Crippen molar-refractivity contribution < 1.29 is 30.1 Å². The second-order valence-corrected chi connectivity index (χ2v) is 1.91. The summed E-state index contributed by atoms with van der Waals surface area (Å²) < 4.78 is 0. The Balaban J connectivity index is 0. The van der Waals surface area contributed by atoms with Crippen LogP contribution in [0.3, 0.4) is 0 Å². The summed E-state index contributed by atoms with van der Waals surface area (Å²) in [5.41, 5.74) is -1.01. The summed E-state index contributed by atoms with van der Waals surface area (Å²) in [6.45, 7) is 0. The molecule has 14 heavy (non-hydrogen) atoms. The number of hydrogen-bond acceptors (Lipinski definition) is 4. The average molecular weight is 196 g/mol. The minimum absolute atomic E-state index is 0. The maximum absolute atomic E-state index is 10.1. The molecule has 1 rings (SSSR count). The number of allylic oxidation sites excluding steroid dienone is 4. The average Bonchev–Trinajstić information content (AvgIpc) is 2.05. The molecule has 6 nitrogen and oxygen atoms in total. The molecule has 0 heterocycles. The third-order valence-corrected chi connectivity index (χ3v) is 1.41. The molecule has 1 saturated carbocycles. The highest BCUT2D eigenvalue weighted by molar-refractivity contribution is 6.05. The Kier molecular flexibility index (Phi) is 5.48. The second kappa shape index (κ2) is 5.38. The van der Waals surface area contributed by atoms with Crippen molar-refractivity contribution in [2.75, 3.05) is 0 Å². The van der Waals surface area contributed by atoms with Crippen molar-refractivity contribution in [2.24, 2.45) is 0 Å². The van der Waals surface area contributed by atoms with Gasteiger partial charge in [-0.25, -0.2) is 19.2 Å². The van der Waals surface area contributed by atoms with E-state index in [0.29, 0.717) is 0 Å². The Morgan fingerprint density at radius 2 is 0.643 bits per heavy atom. The molecule has 0 atom stereocenters. The highest BCUT2D eigenvalue weighted by Crippen LogP contribution is 2.36. The monoisotopic (exact) mass is 196 g/mol. The fourth-order valence-electron chi connectivity index (χ4n) is 0.846. The Morgan fingerprint density at radius 1 is 0.500 bits per heavy atom. The van der Waals surface area contributed by atoms with Crippen molar-refractivity contribution in [1.82, 2.24) is 0 Å². The van der Waals surface area contributed by atoms with E-state index in [2.05, 4.69) is 0 Å². The first kappa shape index (κ1) is 14.3. The van der Waals surface area contributed by atoms with Gasteiger partial charge >= 0.3 is 0 Å². The fraction of sp³-hybridized carbons (Fsp3) is 0. The lowest BCUT2D eigenvalue weighted by molar-refractivity contribution is 0.558. The lowest BCUT2D eigenvalue weighted by Crippen LogP contribution is -2.15. The van der Waals surface area contributed by atoms with Gasteiger partial charge in [0.15, 0.2) is 0 Å². The van der Waals surface area contributed by atoms with Crippen LogP contribution in [0.25, 0.3) is 0 Å². The molecule has 1 fully saturated rings. The molecule has 0 aromatic rings. The van der Waals surface area contributed by atoms with Crippen LogP contribution in [-0.4, -0.2) is 34.7 Å². The van der Waals surface area contributed by atoms with Gasteiger partial charge in [0, 0.05) is 0 Å². The molecule has 1 aliphatic carbocycles. The molecule has 0 aliphatic heterocycles. The summed E-state index contributed by atoms with van der Waals surface area (Å²) in [7, 11) is 0. The van der Waals surface area contributed by atoms with Crippen LogP contribution in [0, 0.1) is 0 Å². The first-order chi connectivity index (χ1) is 5.79. The van der Waals surface area contributed by atoms with Crippen LogP contribution in [0.2, 0.25) is 0 Å². The van der Waals surface area contributed by atoms with E-state index in [1.165, 1.54) is 23.8 Å². The van der Waals surface area contributed by atoms with Crippen LogP contribution in [0.1, 0.15) is 0 Å². The molecule has 72 valence electrons. The highest BCUT2D eigenvalue weighted by atomic mass is 16.1. The predicted molar refractivity (Wildman–Crippen MR) is 44.1 cm³/mol. The quantitative estimate of drug-likeness (QED) is 0.392. The summed E-state index contributed by atoms with van der Waals surface area (Å²) in [4.78, 5) is 40.3. The zero-order chi connectivity index (χ0) is 9.14. The van der Waals surface area contributed by atoms with E-state index in [0.717, 1.165) is 0 Å². The van der Waals surface area contributed by atoms with Crippen molar-refractivity contribution in [3.63, 3.8) is 0 Å². The van der Waals surface area contributed by atoms with E-state index in [4.69, 9.17) is 0 Å². The molecule has 0 radical (unpaired) electrons. The van der Waals surface area contributed by atoms with Crippen molar-refractivity contribution in [3.8, 4) is 0 Å². The van der Waals surface area contributed by atoms with Gasteiger partial charge in [0.05, 0.1) is 22.3 Å². The van der Waals surface area contributed by atoms with Crippen molar-refractivity contribution in [1.29, 1.82) is 0 Å². The summed E-state index contributed by atoms with van der Waals surface area (Å²) in [6, 6.07) is 0. The third kappa shape index (κ3) is 1.57. The van der Waals surface area contributed by atoms with Gasteiger partial charge in [0.2, 0.25) is 0 Å². The van der Waals surface area contributed by atoms with Gasteiger partial charge < -0.3 is 11.0 Å². The molecular weight excluding hydrogens is 192 g/mol. The van der Waals surface area contributed by atoms with Gasteiger partial charge in [-0.05, 0) is 0 Å². The van der Waals surface area contributed by atoms with Gasteiger partial charge in [-0.1, -0.05) is 0 Å². The SMILES string of the molecule is O.O.O=C=C1C(=C=O)C(=C=O)C1=C=O. The van der Waals surface area contributed by atoms with E-state index < -0.39 is 0 Å². The summed E-state index contributed by atoms with van der Waals surface area (Å²) >= 11 is 0. The third-order valence-electron chi connectivity index (χ3n) is 1.41. The van der Waals surface area contributed by atoms with E-state index in [-0.39, 0.29) is 33.2 Å². The maximum Gasteiger partial charge on any atom is 0.135 e. The minimum Gasteiger partial charge on any atom is -0.412 e. The lowest BCUT2D eigenvalue weighted by Gasteiger charge is -2.15. The van der Waals surface area contributed by atoms with Crippen LogP contribution >= 0.6 is 0 Å².